The van der Waals surface area contributed by atoms with Gasteiger partial charge in [0.2, 0.25) is 0 Å². The SMILES string of the molecule is CNC(C)c1ccc(N2C[C@@H](C)O[C@@H](C)C2)c(Cl)c1. The van der Waals surface area contributed by atoms with Crippen LogP contribution in [0.25, 0.3) is 0 Å². The minimum Gasteiger partial charge on any atom is -0.372 e. The Morgan fingerprint density at radius 1 is 1.32 bits per heavy atom. The Hall–Kier alpha value is -0.770. The van der Waals surface area contributed by atoms with Crippen LogP contribution in [0, 0.1) is 0 Å². The molecular formula is C15H23ClN2O. The third-order valence-corrected chi connectivity index (χ3v) is 3.97. The van der Waals surface area contributed by atoms with Gasteiger partial charge in [0.05, 0.1) is 22.9 Å². The summed E-state index contributed by atoms with van der Waals surface area (Å²) in [6.07, 6.45) is 0.492. The van der Waals surface area contributed by atoms with E-state index >= 15 is 0 Å². The Morgan fingerprint density at radius 2 is 1.95 bits per heavy atom. The lowest BCUT2D eigenvalue weighted by Crippen LogP contribution is -2.45. The van der Waals surface area contributed by atoms with E-state index < -0.39 is 0 Å². The number of halogens is 1. The largest absolute Gasteiger partial charge is 0.372 e. The molecule has 1 aromatic carbocycles. The fraction of sp³-hybridized carbons (Fsp3) is 0.600. The van der Waals surface area contributed by atoms with Crippen LogP contribution in [-0.2, 0) is 4.74 Å². The zero-order chi connectivity index (χ0) is 14.0. The molecule has 3 atom stereocenters. The van der Waals surface area contributed by atoms with Crippen molar-refractivity contribution in [2.24, 2.45) is 0 Å². The summed E-state index contributed by atoms with van der Waals surface area (Å²) in [7, 11) is 1.96. The van der Waals surface area contributed by atoms with Crippen LogP contribution in [0.5, 0.6) is 0 Å². The average molecular weight is 283 g/mol. The number of benzene rings is 1. The lowest BCUT2D eigenvalue weighted by molar-refractivity contribution is -0.00520. The van der Waals surface area contributed by atoms with Crippen molar-refractivity contribution in [2.75, 3.05) is 25.0 Å². The summed E-state index contributed by atoms with van der Waals surface area (Å²) in [5, 5.41) is 4.05. The molecule has 2 rings (SSSR count). The van der Waals surface area contributed by atoms with E-state index in [0.29, 0.717) is 6.04 Å². The molecule has 0 spiro atoms. The monoisotopic (exact) mass is 282 g/mol. The molecule has 106 valence electrons. The maximum absolute atomic E-state index is 6.45. The first-order valence-corrected chi connectivity index (χ1v) is 7.26. The molecule has 1 aromatic rings. The molecule has 1 aliphatic heterocycles. The highest BCUT2D eigenvalue weighted by Gasteiger charge is 2.23. The van der Waals surface area contributed by atoms with Gasteiger partial charge in [-0.3, -0.25) is 0 Å². The van der Waals surface area contributed by atoms with Gasteiger partial charge in [0.25, 0.3) is 0 Å². The minimum absolute atomic E-state index is 0.246. The molecule has 0 aromatic heterocycles. The molecule has 19 heavy (non-hydrogen) atoms. The third-order valence-electron chi connectivity index (χ3n) is 3.67. The van der Waals surface area contributed by atoms with Gasteiger partial charge < -0.3 is 15.0 Å². The first-order valence-electron chi connectivity index (χ1n) is 6.88. The van der Waals surface area contributed by atoms with Gasteiger partial charge in [-0.05, 0) is 45.5 Å². The Balaban J connectivity index is 2.21. The Labute approximate surface area is 120 Å². The van der Waals surface area contributed by atoms with Crippen molar-refractivity contribution >= 4 is 17.3 Å². The van der Waals surface area contributed by atoms with E-state index in [-0.39, 0.29) is 12.2 Å². The Bertz CT molecular complexity index is 428. The van der Waals surface area contributed by atoms with Crippen LogP contribution in [0.3, 0.4) is 0 Å². The molecule has 0 bridgehead atoms. The fourth-order valence-corrected chi connectivity index (χ4v) is 2.90. The van der Waals surface area contributed by atoms with Crippen molar-refractivity contribution in [3.8, 4) is 0 Å². The molecule has 0 saturated carbocycles. The molecule has 1 N–H and O–H groups in total. The molecule has 0 aliphatic carbocycles. The van der Waals surface area contributed by atoms with Gasteiger partial charge in [-0.1, -0.05) is 17.7 Å². The number of anilines is 1. The predicted octanol–water partition coefficient (Wildman–Crippen LogP) is 3.23. The van der Waals surface area contributed by atoms with E-state index in [9.17, 15) is 0 Å². The van der Waals surface area contributed by atoms with Crippen molar-refractivity contribution in [3.63, 3.8) is 0 Å². The molecule has 1 heterocycles. The summed E-state index contributed by atoms with van der Waals surface area (Å²) in [5.74, 6) is 0. The van der Waals surface area contributed by atoms with Gasteiger partial charge in [0.15, 0.2) is 0 Å². The topological polar surface area (TPSA) is 24.5 Å². The van der Waals surface area contributed by atoms with Gasteiger partial charge >= 0.3 is 0 Å². The van der Waals surface area contributed by atoms with Crippen LogP contribution < -0.4 is 10.2 Å². The first kappa shape index (κ1) is 14.6. The molecule has 1 fully saturated rings. The van der Waals surface area contributed by atoms with Gasteiger partial charge in [-0.2, -0.15) is 0 Å². The quantitative estimate of drug-likeness (QED) is 0.921. The second kappa shape index (κ2) is 6.12. The van der Waals surface area contributed by atoms with Crippen LogP contribution in [0.1, 0.15) is 32.4 Å². The van der Waals surface area contributed by atoms with E-state index in [4.69, 9.17) is 16.3 Å². The molecule has 0 radical (unpaired) electrons. The van der Waals surface area contributed by atoms with Crippen molar-refractivity contribution in [2.45, 2.75) is 39.0 Å². The summed E-state index contributed by atoms with van der Waals surface area (Å²) >= 11 is 6.45. The van der Waals surface area contributed by atoms with Gasteiger partial charge in [-0.15, -0.1) is 0 Å². The van der Waals surface area contributed by atoms with Crippen LogP contribution in [-0.4, -0.2) is 32.3 Å². The van der Waals surface area contributed by atoms with Gasteiger partial charge in [-0.25, -0.2) is 0 Å². The molecule has 0 amide bonds. The van der Waals surface area contributed by atoms with Gasteiger partial charge in [0.1, 0.15) is 0 Å². The van der Waals surface area contributed by atoms with E-state index in [1.165, 1.54) is 5.56 Å². The normalized spacial score (nSPS) is 25.4. The molecule has 4 heteroatoms. The van der Waals surface area contributed by atoms with Crippen molar-refractivity contribution in [3.05, 3.63) is 28.8 Å². The molecule has 1 unspecified atom stereocenters. The highest BCUT2D eigenvalue weighted by molar-refractivity contribution is 6.33. The van der Waals surface area contributed by atoms with Crippen molar-refractivity contribution in [1.82, 2.24) is 5.32 Å². The van der Waals surface area contributed by atoms with E-state index in [2.05, 4.69) is 49.2 Å². The smallest absolute Gasteiger partial charge is 0.0726 e. The molecule has 1 saturated heterocycles. The summed E-state index contributed by atoms with van der Waals surface area (Å²) in [6, 6.07) is 6.64. The van der Waals surface area contributed by atoms with Crippen LogP contribution in [0.15, 0.2) is 18.2 Å². The number of rotatable bonds is 3. The van der Waals surface area contributed by atoms with E-state index in [1.54, 1.807) is 0 Å². The zero-order valence-electron chi connectivity index (χ0n) is 12.1. The summed E-state index contributed by atoms with van der Waals surface area (Å²) in [5.41, 5.74) is 2.32. The third kappa shape index (κ3) is 3.41. The Morgan fingerprint density at radius 3 is 2.47 bits per heavy atom. The second-order valence-corrected chi connectivity index (χ2v) is 5.79. The highest BCUT2D eigenvalue weighted by Crippen LogP contribution is 2.30. The standard InChI is InChI=1S/C15H23ClN2O/c1-10-8-18(9-11(2)19-10)15-6-5-13(7-14(15)16)12(3)17-4/h5-7,10-12,17H,8-9H2,1-4H3/t10-,11+,12?. The number of hydrogen-bond donors (Lipinski definition) is 1. The molecule has 1 aliphatic rings. The average Bonchev–Trinajstić information content (AvgIpc) is 2.36. The van der Waals surface area contributed by atoms with Crippen molar-refractivity contribution < 1.29 is 4.74 Å². The number of nitrogens with one attached hydrogen (secondary N) is 1. The molecule has 3 nitrogen and oxygen atoms in total. The van der Waals surface area contributed by atoms with Crippen molar-refractivity contribution in [1.29, 1.82) is 0 Å². The maximum atomic E-state index is 6.45. The fourth-order valence-electron chi connectivity index (χ4n) is 2.59. The summed E-state index contributed by atoms with van der Waals surface area (Å²) in [4.78, 5) is 2.31. The van der Waals surface area contributed by atoms with Crippen LogP contribution in [0.4, 0.5) is 5.69 Å². The van der Waals surface area contributed by atoms with Gasteiger partial charge in [0, 0.05) is 19.1 Å². The lowest BCUT2D eigenvalue weighted by Gasteiger charge is -2.37. The lowest BCUT2D eigenvalue weighted by atomic mass is 10.1. The summed E-state index contributed by atoms with van der Waals surface area (Å²) < 4.78 is 5.76. The maximum Gasteiger partial charge on any atom is 0.0726 e. The number of ether oxygens (including phenoxy) is 1. The number of hydrogen-bond acceptors (Lipinski definition) is 3. The first-order chi connectivity index (χ1) is 9.01. The van der Waals surface area contributed by atoms with Crippen LogP contribution >= 0.6 is 11.6 Å². The van der Waals surface area contributed by atoms with Crippen LogP contribution in [0.2, 0.25) is 5.02 Å². The minimum atomic E-state index is 0.246. The van der Waals surface area contributed by atoms with E-state index in [1.807, 2.05) is 7.05 Å². The number of morpholine rings is 1. The highest BCUT2D eigenvalue weighted by atomic mass is 35.5. The Kier molecular flexibility index (Phi) is 4.71. The van der Waals surface area contributed by atoms with E-state index in [0.717, 1.165) is 23.8 Å². The second-order valence-electron chi connectivity index (χ2n) is 5.38. The zero-order valence-corrected chi connectivity index (χ0v) is 12.9. The predicted molar refractivity (Wildman–Crippen MR) is 81.1 cm³/mol. The number of nitrogens with zero attached hydrogens (tertiary/aromatic N) is 1. The summed E-state index contributed by atoms with van der Waals surface area (Å²) in [6.45, 7) is 8.13. The molecular weight excluding hydrogens is 260 g/mol.